The first-order valence-electron chi connectivity index (χ1n) is 21.0. The molecule has 0 N–H and O–H groups in total. The zero-order valence-corrected chi connectivity index (χ0v) is 33.4. The van der Waals surface area contributed by atoms with Gasteiger partial charge in [0.05, 0.1) is 22.5 Å². The zero-order chi connectivity index (χ0) is 40.3. The summed E-state index contributed by atoms with van der Waals surface area (Å²) in [5, 5.41) is 2.38. The quantitative estimate of drug-likeness (QED) is 0.167. The van der Waals surface area contributed by atoms with Crippen LogP contribution in [0.3, 0.4) is 0 Å². The van der Waals surface area contributed by atoms with Crippen LogP contribution in [0, 0.1) is 0 Å². The first-order valence-corrected chi connectivity index (χ1v) is 21.0. The molecule has 2 nitrogen and oxygen atoms in total. The van der Waals surface area contributed by atoms with Crippen LogP contribution in [-0.2, 0) is 5.41 Å². The van der Waals surface area contributed by atoms with Crippen LogP contribution in [0.2, 0.25) is 0 Å². The predicted molar refractivity (Wildman–Crippen MR) is 252 cm³/mol. The Kier molecular flexibility index (Phi) is 8.11. The van der Waals surface area contributed by atoms with Gasteiger partial charge in [0.2, 0.25) is 0 Å². The summed E-state index contributed by atoms with van der Waals surface area (Å²) in [6.45, 7) is 0. The molecule has 2 heteroatoms. The van der Waals surface area contributed by atoms with Crippen molar-refractivity contribution in [2.75, 3.05) is 4.90 Å². The third-order valence-corrected chi connectivity index (χ3v) is 12.8. The van der Waals surface area contributed by atoms with Crippen molar-refractivity contribution in [3.63, 3.8) is 0 Å². The maximum atomic E-state index is 6.66. The molecule has 0 atom stereocenters. The van der Waals surface area contributed by atoms with Gasteiger partial charge in [-0.3, -0.25) is 0 Å². The molecule has 1 heterocycles. The predicted octanol–water partition coefficient (Wildman–Crippen LogP) is 15.8. The average Bonchev–Trinajstić information content (AvgIpc) is 3.62. The number of fused-ring (bicyclic) bond motifs is 10. The van der Waals surface area contributed by atoms with Crippen LogP contribution in [0.25, 0.3) is 55.3 Å². The van der Waals surface area contributed by atoms with Crippen molar-refractivity contribution in [2.45, 2.75) is 5.41 Å². The molecule has 12 rings (SSSR count). The number of rotatable bonds is 6. The van der Waals surface area contributed by atoms with Gasteiger partial charge >= 0.3 is 0 Å². The molecule has 0 saturated heterocycles. The van der Waals surface area contributed by atoms with Crippen LogP contribution in [0.15, 0.2) is 237 Å². The minimum Gasteiger partial charge on any atom is -0.457 e. The molecule has 10 aromatic rings. The van der Waals surface area contributed by atoms with Crippen molar-refractivity contribution in [1.82, 2.24) is 0 Å². The Morgan fingerprint density at radius 1 is 0.295 bits per heavy atom. The summed E-state index contributed by atoms with van der Waals surface area (Å²) in [7, 11) is 0. The maximum absolute atomic E-state index is 6.66. The highest BCUT2D eigenvalue weighted by molar-refractivity contribution is 6.03. The van der Waals surface area contributed by atoms with E-state index in [1.807, 2.05) is 0 Å². The van der Waals surface area contributed by atoms with Gasteiger partial charge in [0.25, 0.3) is 0 Å². The topological polar surface area (TPSA) is 12.5 Å². The van der Waals surface area contributed by atoms with Crippen molar-refractivity contribution >= 4 is 27.8 Å². The number of hydrogen-bond donors (Lipinski definition) is 0. The number of hydrogen-bond acceptors (Lipinski definition) is 2. The molecule has 286 valence electrons. The van der Waals surface area contributed by atoms with E-state index in [2.05, 4.69) is 241 Å². The molecular formula is C59H39NO. The molecule has 0 radical (unpaired) electrons. The van der Waals surface area contributed by atoms with Crippen LogP contribution in [0.5, 0.6) is 11.5 Å². The molecule has 0 saturated carbocycles. The SMILES string of the molecule is c1ccc(-c2ccc(-c3ccccc3N(c3ccccc3-c3ccc4c(c3)C3(c5ccccc5Oc5ccccc53)c3ccccc3-4)c3cccc4ccccc34)cc2)cc1. The minimum absolute atomic E-state index is 0.559. The molecule has 0 aromatic heterocycles. The third kappa shape index (κ3) is 5.43. The van der Waals surface area contributed by atoms with E-state index in [0.29, 0.717) is 0 Å². The first-order chi connectivity index (χ1) is 30.3. The van der Waals surface area contributed by atoms with Crippen molar-refractivity contribution in [3.8, 4) is 56.0 Å². The fourth-order valence-corrected chi connectivity index (χ4v) is 10.1. The van der Waals surface area contributed by atoms with Gasteiger partial charge < -0.3 is 9.64 Å². The lowest BCUT2D eigenvalue weighted by molar-refractivity contribution is 0.436. The molecule has 2 aliphatic rings. The van der Waals surface area contributed by atoms with Gasteiger partial charge in [0, 0.05) is 27.6 Å². The summed E-state index contributed by atoms with van der Waals surface area (Å²) < 4.78 is 6.66. The number of anilines is 3. The molecule has 1 aliphatic heterocycles. The van der Waals surface area contributed by atoms with Gasteiger partial charge in [-0.2, -0.15) is 0 Å². The summed E-state index contributed by atoms with van der Waals surface area (Å²) in [6, 6.07) is 85.9. The number of para-hydroxylation sites is 4. The largest absolute Gasteiger partial charge is 0.457 e. The van der Waals surface area contributed by atoms with Gasteiger partial charge in [-0.25, -0.2) is 0 Å². The van der Waals surface area contributed by atoms with Crippen molar-refractivity contribution < 1.29 is 4.74 Å². The fourth-order valence-electron chi connectivity index (χ4n) is 10.1. The Hall–Kier alpha value is -7.94. The molecule has 0 amide bonds. The Bertz CT molecular complexity index is 3240. The lowest BCUT2D eigenvalue weighted by atomic mass is 9.66. The maximum Gasteiger partial charge on any atom is 0.132 e. The number of benzene rings is 10. The Morgan fingerprint density at radius 2 is 0.770 bits per heavy atom. The van der Waals surface area contributed by atoms with Gasteiger partial charge in [0.1, 0.15) is 11.5 Å². The lowest BCUT2D eigenvalue weighted by Gasteiger charge is -2.39. The zero-order valence-electron chi connectivity index (χ0n) is 33.4. The number of ether oxygens (including phenoxy) is 1. The lowest BCUT2D eigenvalue weighted by Crippen LogP contribution is -2.32. The Morgan fingerprint density at radius 3 is 1.49 bits per heavy atom. The molecule has 0 fully saturated rings. The van der Waals surface area contributed by atoms with Crippen LogP contribution >= 0.6 is 0 Å². The summed E-state index contributed by atoms with van der Waals surface area (Å²) >= 11 is 0. The highest BCUT2D eigenvalue weighted by atomic mass is 16.5. The second-order valence-corrected chi connectivity index (χ2v) is 16.0. The van der Waals surface area contributed by atoms with Crippen molar-refractivity contribution in [1.29, 1.82) is 0 Å². The fraction of sp³-hybridized carbons (Fsp3) is 0.0169. The Balaban J connectivity index is 1.09. The van der Waals surface area contributed by atoms with Crippen LogP contribution in [0.1, 0.15) is 22.3 Å². The summed E-state index contributed by atoms with van der Waals surface area (Å²) in [5.74, 6) is 1.79. The van der Waals surface area contributed by atoms with Crippen LogP contribution in [-0.4, -0.2) is 0 Å². The van der Waals surface area contributed by atoms with Crippen LogP contribution in [0.4, 0.5) is 17.1 Å². The molecule has 10 aromatic carbocycles. The average molecular weight is 778 g/mol. The normalized spacial score (nSPS) is 12.9. The first kappa shape index (κ1) is 35.0. The second-order valence-electron chi connectivity index (χ2n) is 16.0. The molecule has 61 heavy (non-hydrogen) atoms. The number of nitrogens with zero attached hydrogens (tertiary/aromatic N) is 1. The molecular weight excluding hydrogens is 739 g/mol. The van der Waals surface area contributed by atoms with Gasteiger partial charge in [0.15, 0.2) is 0 Å². The van der Waals surface area contributed by atoms with E-state index in [1.165, 1.54) is 44.2 Å². The van der Waals surface area contributed by atoms with Gasteiger partial charge in [-0.05, 0) is 86.3 Å². The molecule has 1 spiro atoms. The van der Waals surface area contributed by atoms with Gasteiger partial charge in [-0.15, -0.1) is 0 Å². The van der Waals surface area contributed by atoms with E-state index in [1.54, 1.807) is 0 Å². The third-order valence-electron chi connectivity index (χ3n) is 12.8. The van der Waals surface area contributed by atoms with E-state index >= 15 is 0 Å². The highest BCUT2D eigenvalue weighted by Gasteiger charge is 2.51. The monoisotopic (exact) mass is 777 g/mol. The van der Waals surface area contributed by atoms with Crippen molar-refractivity contribution in [3.05, 3.63) is 259 Å². The van der Waals surface area contributed by atoms with Crippen molar-refractivity contribution in [2.24, 2.45) is 0 Å². The highest BCUT2D eigenvalue weighted by Crippen LogP contribution is 2.62. The molecule has 0 unspecified atom stereocenters. The molecule has 0 bridgehead atoms. The smallest absolute Gasteiger partial charge is 0.132 e. The van der Waals surface area contributed by atoms with E-state index in [9.17, 15) is 0 Å². The standard InChI is InChI=1S/C59H39NO/c1-2-17-40(18-3-1)41-33-35-43(36-34-41)46-22-7-12-28-54(46)60(56-30-16-20-42-19-4-5-21-45(42)56)55-29-13-8-23-47(55)44-37-38-49-48-24-6-9-25-50(48)59(53(49)39-44)51-26-10-14-31-57(51)61-58-32-15-11-27-52(58)59/h1-39H. The van der Waals surface area contributed by atoms with Gasteiger partial charge in [-0.1, -0.05) is 200 Å². The van der Waals surface area contributed by atoms with E-state index < -0.39 is 5.41 Å². The summed E-state index contributed by atoms with van der Waals surface area (Å²) in [6.07, 6.45) is 0. The van der Waals surface area contributed by atoms with E-state index in [4.69, 9.17) is 4.74 Å². The summed E-state index contributed by atoms with van der Waals surface area (Å²) in [5.41, 5.74) is 17.2. The Labute approximate surface area is 356 Å². The second kappa shape index (κ2) is 14.1. The van der Waals surface area contributed by atoms with E-state index in [-0.39, 0.29) is 0 Å². The van der Waals surface area contributed by atoms with E-state index in [0.717, 1.165) is 61.9 Å². The van der Waals surface area contributed by atoms with Crippen LogP contribution < -0.4 is 9.64 Å². The minimum atomic E-state index is -0.559. The molecule has 1 aliphatic carbocycles. The summed E-state index contributed by atoms with van der Waals surface area (Å²) in [4.78, 5) is 2.48.